The first kappa shape index (κ1) is 11.5. The molecule has 1 rings (SSSR count). The van der Waals surface area contributed by atoms with Crippen LogP contribution < -0.4 is 11.1 Å². The van der Waals surface area contributed by atoms with Crippen molar-refractivity contribution in [3.8, 4) is 0 Å². The minimum atomic E-state index is -4.40. The fourth-order valence-electron chi connectivity index (χ4n) is 0.997. The van der Waals surface area contributed by atoms with Gasteiger partial charge in [-0.05, 0) is 18.2 Å². The van der Waals surface area contributed by atoms with Gasteiger partial charge in [-0.15, -0.1) is 0 Å². The Balaban J connectivity index is 2.88. The van der Waals surface area contributed by atoms with Gasteiger partial charge in [0.05, 0.1) is 5.56 Å². The van der Waals surface area contributed by atoms with E-state index < -0.39 is 17.6 Å². The Kier molecular flexibility index (Phi) is 3.31. The van der Waals surface area contributed by atoms with Crippen molar-refractivity contribution in [3.63, 3.8) is 0 Å². The van der Waals surface area contributed by atoms with Gasteiger partial charge in [-0.1, -0.05) is 6.07 Å². The van der Waals surface area contributed by atoms with E-state index in [1.807, 2.05) is 0 Å². The predicted octanol–water partition coefficient (Wildman–Crippen LogP) is 0.886. The van der Waals surface area contributed by atoms with Crippen LogP contribution in [0.5, 0.6) is 0 Å². The second-order valence-corrected chi connectivity index (χ2v) is 2.88. The lowest BCUT2D eigenvalue weighted by molar-refractivity contribution is -0.353. The quantitative estimate of drug-likeness (QED) is 0.762. The van der Waals surface area contributed by atoms with Crippen molar-refractivity contribution in [2.75, 3.05) is 11.9 Å². The molecule has 0 atom stereocenters. The van der Waals surface area contributed by atoms with E-state index in [4.69, 9.17) is 0 Å². The number of benzene rings is 1. The summed E-state index contributed by atoms with van der Waals surface area (Å²) >= 11 is 0. The van der Waals surface area contributed by atoms with Crippen molar-refractivity contribution in [1.29, 1.82) is 0 Å². The molecule has 0 saturated heterocycles. The van der Waals surface area contributed by atoms with Gasteiger partial charge in [0.25, 0.3) is 5.91 Å². The lowest BCUT2D eigenvalue weighted by Crippen LogP contribution is -2.55. The van der Waals surface area contributed by atoms with Crippen LogP contribution >= 0.6 is 0 Å². The number of nitrogens with one attached hydrogen (secondary N) is 1. The van der Waals surface area contributed by atoms with Crippen molar-refractivity contribution < 1.29 is 23.7 Å². The van der Waals surface area contributed by atoms with E-state index in [-0.39, 0.29) is 12.2 Å². The van der Waals surface area contributed by atoms with Crippen LogP contribution in [-0.4, -0.2) is 12.5 Å². The summed E-state index contributed by atoms with van der Waals surface area (Å²) in [4.78, 5) is 10.9. The maximum absolute atomic E-state index is 12.3. The van der Waals surface area contributed by atoms with E-state index in [9.17, 15) is 18.0 Å². The summed E-state index contributed by atoms with van der Waals surface area (Å²) in [5.41, 5.74) is 2.65. The first-order valence-electron chi connectivity index (χ1n) is 4.20. The van der Waals surface area contributed by atoms with Crippen LogP contribution in [0.3, 0.4) is 0 Å². The zero-order valence-electron chi connectivity index (χ0n) is 7.77. The summed E-state index contributed by atoms with van der Waals surface area (Å²) in [5.74, 6) is -0.422. The molecular formula is C9H10F3N2O+. The monoisotopic (exact) mass is 219 g/mol. The number of amides is 1. The van der Waals surface area contributed by atoms with Crippen LogP contribution in [0.1, 0.15) is 5.56 Å². The van der Waals surface area contributed by atoms with Gasteiger partial charge >= 0.3 is 6.18 Å². The molecular weight excluding hydrogens is 209 g/mol. The van der Waals surface area contributed by atoms with Crippen LogP contribution in [0.15, 0.2) is 24.3 Å². The third-order valence-electron chi connectivity index (χ3n) is 1.70. The molecule has 82 valence electrons. The molecule has 0 fully saturated rings. The Bertz CT molecular complexity index is 363. The average Bonchev–Trinajstić information content (AvgIpc) is 2.17. The molecule has 0 radical (unpaired) electrons. The second-order valence-electron chi connectivity index (χ2n) is 2.88. The zero-order valence-corrected chi connectivity index (χ0v) is 7.77. The van der Waals surface area contributed by atoms with Crippen molar-refractivity contribution in [3.05, 3.63) is 29.8 Å². The highest BCUT2D eigenvalue weighted by Gasteiger charge is 2.30. The molecule has 6 heteroatoms. The summed E-state index contributed by atoms with van der Waals surface area (Å²) < 4.78 is 36.8. The molecule has 0 aliphatic heterocycles. The molecule has 1 amide bonds. The van der Waals surface area contributed by atoms with E-state index in [1.54, 1.807) is 0 Å². The van der Waals surface area contributed by atoms with E-state index in [2.05, 4.69) is 11.1 Å². The lowest BCUT2D eigenvalue weighted by Gasteiger charge is -2.08. The Hall–Kier alpha value is -1.56. The third-order valence-corrected chi connectivity index (χ3v) is 1.70. The molecule has 0 bridgehead atoms. The molecule has 1 aromatic carbocycles. The van der Waals surface area contributed by atoms with Crippen molar-refractivity contribution in [2.24, 2.45) is 0 Å². The molecule has 0 heterocycles. The molecule has 0 aliphatic rings. The molecule has 0 saturated carbocycles. The SMILES string of the molecule is [NH3+]CC(=O)Nc1cccc(C(F)(F)F)c1. The van der Waals surface area contributed by atoms with E-state index >= 15 is 0 Å². The van der Waals surface area contributed by atoms with Gasteiger partial charge in [-0.25, -0.2) is 0 Å². The number of anilines is 1. The minimum absolute atomic E-state index is 0.0176. The van der Waals surface area contributed by atoms with E-state index in [0.29, 0.717) is 0 Å². The molecule has 0 unspecified atom stereocenters. The Labute approximate surface area is 84.1 Å². The smallest absolute Gasteiger partial charge is 0.350 e. The summed E-state index contributed by atoms with van der Waals surface area (Å²) in [7, 11) is 0. The van der Waals surface area contributed by atoms with Gasteiger partial charge in [-0.3, -0.25) is 4.79 Å². The highest BCUT2D eigenvalue weighted by atomic mass is 19.4. The topological polar surface area (TPSA) is 56.7 Å². The Morgan fingerprint density at radius 3 is 2.60 bits per heavy atom. The molecule has 1 aromatic rings. The number of halogens is 3. The largest absolute Gasteiger partial charge is 0.416 e. The van der Waals surface area contributed by atoms with Gasteiger partial charge in [-0.2, -0.15) is 13.2 Å². The van der Waals surface area contributed by atoms with Gasteiger partial charge < -0.3 is 11.1 Å². The van der Waals surface area contributed by atoms with Gasteiger partial charge in [0.2, 0.25) is 0 Å². The van der Waals surface area contributed by atoms with Crippen LogP contribution in [0, 0.1) is 0 Å². The number of quaternary nitrogens is 1. The lowest BCUT2D eigenvalue weighted by atomic mass is 10.2. The molecule has 3 nitrogen and oxygen atoms in total. The Morgan fingerprint density at radius 2 is 2.07 bits per heavy atom. The maximum Gasteiger partial charge on any atom is 0.416 e. The van der Waals surface area contributed by atoms with Crippen molar-refractivity contribution in [2.45, 2.75) is 6.18 Å². The van der Waals surface area contributed by atoms with E-state index in [0.717, 1.165) is 12.1 Å². The molecule has 0 aromatic heterocycles. The molecule has 0 aliphatic carbocycles. The average molecular weight is 219 g/mol. The number of carbonyl (C=O) groups is 1. The molecule has 4 N–H and O–H groups in total. The van der Waals surface area contributed by atoms with Crippen LogP contribution in [-0.2, 0) is 11.0 Å². The number of alkyl halides is 3. The van der Waals surface area contributed by atoms with Crippen LogP contribution in [0.4, 0.5) is 18.9 Å². The first-order chi connectivity index (χ1) is 6.93. The fraction of sp³-hybridized carbons (Fsp3) is 0.222. The van der Waals surface area contributed by atoms with E-state index in [1.165, 1.54) is 12.1 Å². The number of carbonyl (C=O) groups excluding carboxylic acids is 1. The molecule has 0 spiro atoms. The van der Waals surface area contributed by atoms with Crippen LogP contribution in [0.25, 0.3) is 0 Å². The van der Waals surface area contributed by atoms with Gasteiger partial charge in [0.15, 0.2) is 6.54 Å². The number of hydrogen-bond donors (Lipinski definition) is 2. The van der Waals surface area contributed by atoms with Crippen molar-refractivity contribution >= 4 is 11.6 Å². The summed E-state index contributed by atoms with van der Waals surface area (Å²) in [6.45, 7) is -0.0176. The fourth-order valence-corrected chi connectivity index (χ4v) is 0.997. The molecule has 15 heavy (non-hydrogen) atoms. The highest BCUT2D eigenvalue weighted by Crippen LogP contribution is 2.30. The maximum atomic E-state index is 12.3. The zero-order chi connectivity index (χ0) is 11.5. The third kappa shape index (κ3) is 3.25. The standard InChI is InChI=1S/C9H9F3N2O/c10-9(11,12)6-2-1-3-7(4-6)14-8(15)5-13/h1-4H,5,13H2,(H,14,15)/p+1. The summed E-state index contributed by atoms with van der Waals surface area (Å²) in [6.07, 6.45) is -4.40. The first-order valence-corrected chi connectivity index (χ1v) is 4.20. The Morgan fingerprint density at radius 1 is 1.40 bits per heavy atom. The number of hydrogen-bond acceptors (Lipinski definition) is 1. The second kappa shape index (κ2) is 4.31. The summed E-state index contributed by atoms with van der Waals surface area (Å²) in [5, 5.41) is 2.30. The van der Waals surface area contributed by atoms with Gasteiger partial charge in [0, 0.05) is 5.69 Å². The van der Waals surface area contributed by atoms with Crippen molar-refractivity contribution in [1.82, 2.24) is 0 Å². The summed E-state index contributed by atoms with van der Waals surface area (Å²) in [6, 6.07) is 4.46. The van der Waals surface area contributed by atoms with Crippen LogP contribution in [0.2, 0.25) is 0 Å². The van der Waals surface area contributed by atoms with Gasteiger partial charge in [0.1, 0.15) is 0 Å². The normalized spacial score (nSPS) is 11.2. The predicted molar refractivity (Wildman–Crippen MR) is 47.8 cm³/mol. The number of rotatable bonds is 2. The highest BCUT2D eigenvalue weighted by molar-refractivity contribution is 5.91. The minimum Gasteiger partial charge on any atom is -0.350 e.